The van der Waals surface area contributed by atoms with Gasteiger partial charge in [-0.1, -0.05) is 52.9 Å². The first-order chi connectivity index (χ1) is 9.74. The smallest absolute Gasteiger partial charge is 0.0124 e. The van der Waals surface area contributed by atoms with Gasteiger partial charge in [0.25, 0.3) is 0 Å². The molecule has 2 rings (SSSR count). The van der Waals surface area contributed by atoms with E-state index in [-0.39, 0.29) is 0 Å². The summed E-state index contributed by atoms with van der Waals surface area (Å²) < 4.78 is 0. The molecular formula is C19H37N. The molecule has 2 aliphatic carbocycles. The van der Waals surface area contributed by atoms with Crippen molar-refractivity contribution in [2.45, 2.75) is 91.0 Å². The van der Waals surface area contributed by atoms with Gasteiger partial charge in [0.2, 0.25) is 0 Å². The summed E-state index contributed by atoms with van der Waals surface area (Å²) in [4.78, 5) is 0. The molecule has 1 heteroatoms. The fourth-order valence-corrected chi connectivity index (χ4v) is 4.87. The highest BCUT2D eigenvalue weighted by molar-refractivity contribution is 4.89. The Hall–Kier alpha value is -0.0400. The van der Waals surface area contributed by atoms with Gasteiger partial charge in [0.15, 0.2) is 0 Å². The van der Waals surface area contributed by atoms with E-state index in [0.29, 0.717) is 0 Å². The Balaban J connectivity index is 1.97. The van der Waals surface area contributed by atoms with Crippen molar-refractivity contribution in [2.24, 2.45) is 23.7 Å². The molecular weight excluding hydrogens is 242 g/mol. The highest BCUT2D eigenvalue weighted by atomic mass is 14.9. The number of rotatable bonds is 6. The zero-order valence-electron chi connectivity index (χ0n) is 14.2. The highest BCUT2D eigenvalue weighted by Gasteiger charge is 2.34. The Morgan fingerprint density at radius 1 is 0.950 bits per heavy atom. The molecule has 0 heterocycles. The van der Waals surface area contributed by atoms with E-state index < -0.39 is 0 Å². The minimum atomic E-state index is 0.826. The van der Waals surface area contributed by atoms with E-state index in [0.717, 1.165) is 29.7 Å². The molecule has 0 aromatic heterocycles. The first-order valence-electron chi connectivity index (χ1n) is 9.47. The predicted octanol–water partition coefficient (Wildman–Crippen LogP) is 5.40. The average molecular weight is 280 g/mol. The van der Waals surface area contributed by atoms with Crippen molar-refractivity contribution in [3.05, 3.63) is 0 Å². The van der Waals surface area contributed by atoms with Crippen LogP contribution in [0, 0.1) is 23.7 Å². The summed E-state index contributed by atoms with van der Waals surface area (Å²) >= 11 is 0. The lowest BCUT2D eigenvalue weighted by molar-refractivity contribution is 0.130. The number of hydrogen-bond acceptors (Lipinski definition) is 1. The molecule has 0 saturated heterocycles. The van der Waals surface area contributed by atoms with Gasteiger partial charge in [-0.15, -0.1) is 0 Å². The highest BCUT2D eigenvalue weighted by Crippen LogP contribution is 2.39. The predicted molar refractivity (Wildman–Crippen MR) is 88.9 cm³/mol. The first kappa shape index (κ1) is 16.3. The maximum absolute atomic E-state index is 3.97. The summed E-state index contributed by atoms with van der Waals surface area (Å²) in [6.07, 6.45) is 14.6. The van der Waals surface area contributed by atoms with Crippen molar-refractivity contribution in [3.63, 3.8) is 0 Å². The SMILES string of the molecule is CCCNC(C1CCCC(C)C1)C1CCCC(CC)C1. The van der Waals surface area contributed by atoms with E-state index in [1.807, 2.05) is 0 Å². The van der Waals surface area contributed by atoms with Crippen molar-refractivity contribution in [1.29, 1.82) is 0 Å². The molecule has 20 heavy (non-hydrogen) atoms. The fourth-order valence-electron chi connectivity index (χ4n) is 4.87. The van der Waals surface area contributed by atoms with Crippen molar-refractivity contribution in [3.8, 4) is 0 Å². The monoisotopic (exact) mass is 279 g/mol. The molecule has 2 aliphatic rings. The second-order valence-corrected chi connectivity index (χ2v) is 7.71. The van der Waals surface area contributed by atoms with Crippen molar-refractivity contribution in [1.82, 2.24) is 5.32 Å². The van der Waals surface area contributed by atoms with Gasteiger partial charge in [-0.2, -0.15) is 0 Å². The molecule has 2 fully saturated rings. The van der Waals surface area contributed by atoms with Gasteiger partial charge < -0.3 is 5.32 Å². The van der Waals surface area contributed by atoms with E-state index in [1.54, 1.807) is 0 Å². The van der Waals surface area contributed by atoms with Crippen LogP contribution in [0.25, 0.3) is 0 Å². The van der Waals surface area contributed by atoms with E-state index >= 15 is 0 Å². The normalized spacial score (nSPS) is 36.8. The topological polar surface area (TPSA) is 12.0 Å². The summed E-state index contributed by atoms with van der Waals surface area (Å²) in [6, 6.07) is 0.826. The summed E-state index contributed by atoms with van der Waals surface area (Å²) in [5, 5.41) is 3.97. The van der Waals surface area contributed by atoms with Crippen LogP contribution in [0.1, 0.15) is 85.0 Å². The number of nitrogens with one attached hydrogen (secondary N) is 1. The molecule has 0 aromatic carbocycles. The van der Waals surface area contributed by atoms with E-state index in [4.69, 9.17) is 0 Å². The van der Waals surface area contributed by atoms with Crippen molar-refractivity contribution in [2.75, 3.05) is 6.54 Å². The molecule has 5 unspecified atom stereocenters. The molecule has 0 bridgehead atoms. The van der Waals surface area contributed by atoms with Gasteiger partial charge in [-0.3, -0.25) is 0 Å². The summed E-state index contributed by atoms with van der Waals surface area (Å²) in [7, 11) is 0. The Labute approximate surface area is 127 Å². The molecule has 2 saturated carbocycles. The zero-order valence-corrected chi connectivity index (χ0v) is 14.2. The quantitative estimate of drug-likeness (QED) is 0.686. The van der Waals surface area contributed by atoms with Gasteiger partial charge in [-0.05, 0) is 62.3 Å². The van der Waals surface area contributed by atoms with Gasteiger partial charge in [0.05, 0.1) is 0 Å². The van der Waals surface area contributed by atoms with E-state index in [2.05, 4.69) is 26.1 Å². The molecule has 0 radical (unpaired) electrons. The maximum atomic E-state index is 3.97. The summed E-state index contributed by atoms with van der Waals surface area (Å²) in [6.45, 7) is 8.40. The zero-order chi connectivity index (χ0) is 14.4. The Bertz CT molecular complexity index is 262. The van der Waals surface area contributed by atoms with Gasteiger partial charge >= 0.3 is 0 Å². The standard InChI is InChI=1S/C19H37N/c1-4-12-20-19(17-10-6-8-15(3)13-17)18-11-7-9-16(5-2)14-18/h15-20H,4-14H2,1-3H3. The minimum Gasteiger partial charge on any atom is -0.313 e. The lowest BCUT2D eigenvalue weighted by Gasteiger charge is -2.41. The van der Waals surface area contributed by atoms with Crippen LogP contribution >= 0.6 is 0 Å². The fraction of sp³-hybridized carbons (Fsp3) is 1.00. The average Bonchev–Trinajstić information content (AvgIpc) is 2.48. The van der Waals surface area contributed by atoms with Crippen LogP contribution in [0.4, 0.5) is 0 Å². The third-order valence-corrected chi connectivity index (χ3v) is 6.02. The van der Waals surface area contributed by atoms with Crippen LogP contribution < -0.4 is 5.32 Å². The van der Waals surface area contributed by atoms with E-state index in [1.165, 1.54) is 70.8 Å². The molecule has 0 aliphatic heterocycles. The second kappa shape index (κ2) is 8.41. The third-order valence-electron chi connectivity index (χ3n) is 6.02. The Morgan fingerprint density at radius 2 is 1.65 bits per heavy atom. The molecule has 0 aromatic rings. The molecule has 118 valence electrons. The van der Waals surface area contributed by atoms with Gasteiger partial charge in [-0.25, -0.2) is 0 Å². The van der Waals surface area contributed by atoms with Crippen molar-refractivity contribution >= 4 is 0 Å². The number of hydrogen-bond donors (Lipinski definition) is 1. The van der Waals surface area contributed by atoms with E-state index in [9.17, 15) is 0 Å². The summed E-state index contributed by atoms with van der Waals surface area (Å²) in [5.41, 5.74) is 0. The first-order valence-corrected chi connectivity index (χ1v) is 9.47. The van der Waals surface area contributed by atoms with Crippen LogP contribution in [0.15, 0.2) is 0 Å². The Morgan fingerprint density at radius 3 is 2.30 bits per heavy atom. The lowest BCUT2D eigenvalue weighted by Crippen LogP contribution is -2.45. The molecule has 1 N–H and O–H groups in total. The van der Waals surface area contributed by atoms with Gasteiger partial charge in [0, 0.05) is 6.04 Å². The summed E-state index contributed by atoms with van der Waals surface area (Å²) in [5.74, 6) is 3.91. The van der Waals surface area contributed by atoms with Crippen LogP contribution in [-0.4, -0.2) is 12.6 Å². The van der Waals surface area contributed by atoms with Crippen LogP contribution in [0.3, 0.4) is 0 Å². The van der Waals surface area contributed by atoms with Gasteiger partial charge in [0.1, 0.15) is 0 Å². The largest absolute Gasteiger partial charge is 0.313 e. The van der Waals surface area contributed by atoms with Crippen molar-refractivity contribution < 1.29 is 0 Å². The van der Waals surface area contributed by atoms with Crippen LogP contribution in [0.2, 0.25) is 0 Å². The third kappa shape index (κ3) is 4.48. The molecule has 0 spiro atoms. The lowest BCUT2D eigenvalue weighted by atomic mass is 9.69. The Kier molecular flexibility index (Phi) is 6.87. The molecule has 1 nitrogen and oxygen atoms in total. The molecule has 5 atom stereocenters. The van der Waals surface area contributed by atoms with Crippen LogP contribution in [0.5, 0.6) is 0 Å². The molecule has 0 amide bonds. The second-order valence-electron chi connectivity index (χ2n) is 7.71. The maximum Gasteiger partial charge on any atom is 0.0124 e. The minimum absolute atomic E-state index is 0.826. The van der Waals surface area contributed by atoms with Crippen LogP contribution in [-0.2, 0) is 0 Å².